The maximum atomic E-state index is 12.9. The molecule has 9 heteroatoms. The molecule has 0 spiro atoms. The molecule has 1 aromatic carbocycles. The molecule has 1 aliphatic carbocycles. The molecule has 168 valence electrons. The monoisotopic (exact) mass is 490 g/mol. The normalized spacial score (nSPS) is 21.1. The molecule has 1 amide bonds. The number of piperazine rings is 1. The molecular weight excluding hydrogens is 467 g/mol. The van der Waals surface area contributed by atoms with Crippen molar-refractivity contribution >= 4 is 40.4 Å². The third kappa shape index (κ3) is 4.86. The first kappa shape index (κ1) is 21.9. The second kappa shape index (κ2) is 9.51. The number of benzene rings is 1. The zero-order valence-corrected chi connectivity index (χ0v) is 19.9. The lowest BCUT2D eigenvalue weighted by Gasteiger charge is -2.35. The van der Waals surface area contributed by atoms with Gasteiger partial charge in [-0.25, -0.2) is 0 Å². The van der Waals surface area contributed by atoms with Gasteiger partial charge in [-0.1, -0.05) is 40.5 Å². The fourth-order valence-corrected chi connectivity index (χ4v) is 5.28. The number of carbonyl (C=O) groups is 1. The van der Waals surface area contributed by atoms with Crippen molar-refractivity contribution in [2.24, 2.45) is 5.92 Å². The van der Waals surface area contributed by atoms with Gasteiger partial charge in [0.1, 0.15) is 0 Å². The summed E-state index contributed by atoms with van der Waals surface area (Å²) in [5.41, 5.74) is 1.11. The van der Waals surface area contributed by atoms with Crippen molar-refractivity contribution in [3.05, 3.63) is 57.2 Å². The van der Waals surface area contributed by atoms with Crippen molar-refractivity contribution in [3.63, 3.8) is 0 Å². The summed E-state index contributed by atoms with van der Waals surface area (Å²) < 4.78 is 5.38. The fraction of sp³-hybridized carbons (Fsp3) is 0.435. The van der Waals surface area contributed by atoms with Crippen LogP contribution in [-0.2, 0) is 11.2 Å². The highest BCUT2D eigenvalue weighted by Gasteiger charge is 2.46. The van der Waals surface area contributed by atoms with E-state index in [0.717, 1.165) is 62.4 Å². The number of aryl methyl sites for hydroxylation is 1. The molecular formula is C23H24Cl2N4O2S. The van der Waals surface area contributed by atoms with Crippen LogP contribution >= 0.6 is 34.5 Å². The fourth-order valence-electron chi connectivity index (χ4n) is 4.32. The average molecular weight is 491 g/mol. The summed E-state index contributed by atoms with van der Waals surface area (Å²) in [7, 11) is 0. The van der Waals surface area contributed by atoms with Crippen LogP contribution in [0.4, 0.5) is 0 Å². The molecule has 2 unspecified atom stereocenters. The Hall–Kier alpha value is -1.93. The van der Waals surface area contributed by atoms with Crippen molar-refractivity contribution in [3.8, 4) is 10.7 Å². The Kier molecular flexibility index (Phi) is 6.51. The van der Waals surface area contributed by atoms with Gasteiger partial charge in [-0.05, 0) is 54.4 Å². The number of carbonyl (C=O) groups excluding carboxylic acids is 1. The summed E-state index contributed by atoms with van der Waals surface area (Å²) in [5.74, 6) is 1.97. The third-order valence-electron chi connectivity index (χ3n) is 6.24. The van der Waals surface area contributed by atoms with Gasteiger partial charge in [0.2, 0.25) is 17.6 Å². The second-order valence-electron chi connectivity index (χ2n) is 8.38. The van der Waals surface area contributed by atoms with Gasteiger partial charge in [0, 0.05) is 38.5 Å². The smallest absolute Gasteiger partial charge is 0.227 e. The van der Waals surface area contributed by atoms with E-state index in [2.05, 4.69) is 15.0 Å². The minimum Gasteiger partial charge on any atom is -0.340 e. The Bertz CT molecular complexity index is 1080. The minimum atomic E-state index is 0.0776. The molecule has 5 rings (SSSR count). The summed E-state index contributed by atoms with van der Waals surface area (Å²) in [6.45, 7) is 4.34. The number of thiophene rings is 1. The minimum absolute atomic E-state index is 0.0776. The molecule has 2 fully saturated rings. The number of halogens is 2. The van der Waals surface area contributed by atoms with Crippen molar-refractivity contribution < 1.29 is 9.32 Å². The van der Waals surface area contributed by atoms with Crippen LogP contribution in [0.25, 0.3) is 10.7 Å². The SMILES string of the molecule is O=C(C1CC1c1ccc(Cl)c(Cl)c1)N1CCN(CCCc2nc(-c3cccs3)no2)CC1. The largest absolute Gasteiger partial charge is 0.340 e. The number of hydrogen-bond donors (Lipinski definition) is 0. The maximum Gasteiger partial charge on any atom is 0.227 e. The number of rotatable bonds is 7. The van der Waals surface area contributed by atoms with E-state index < -0.39 is 0 Å². The van der Waals surface area contributed by atoms with E-state index in [1.165, 1.54) is 0 Å². The first-order chi connectivity index (χ1) is 15.6. The number of aromatic nitrogens is 2. The van der Waals surface area contributed by atoms with Crippen molar-refractivity contribution in [1.82, 2.24) is 19.9 Å². The molecule has 0 radical (unpaired) electrons. The first-order valence-electron chi connectivity index (χ1n) is 10.9. The van der Waals surface area contributed by atoms with Gasteiger partial charge in [0.05, 0.1) is 14.9 Å². The zero-order chi connectivity index (χ0) is 22.1. The van der Waals surface area contributed by atoms with Crippen LogP contribution < -0.4 is 0 Å². The van der Waals surface area contributed by atoms with E-state index in [9.17, 15) is 4.79 Å². The van der Waals surface area contributed by atoms with E-state index in [4.69, 9.17) is 27.7 Å². The summed E-state index contributed by atoms with van der Waals surface area (Å²) in [4.78, 5) is 22.9. The number of hydrogen-bond acceptors (Lipinski definition) is 6. The molecule has 3 heterocycles. The lowest BCUT2D eigenvalue weighted by Crippen LogP contribution is -2.49. The van der Waals surface area contributed by atoms with E-state index >= 15 is 0 Å². The van der Waals surface area contributed by atoms with Crippen molar-refractivity contribution in [1.29, 1.82) is 0 Å². The third-order valence-corrected chi connectivity index (χ3v) is 7.84. The van der Waals surface area contributed by atoms with Gasteiger partial charge in [-0.3, -0.25) is 9.69 Å². The average Bonchev–Trinajstić information content (AvgIpc) is 3.18. The van der Waals surface area contributed by atoms with Crippen LogP contribution in [0.3, 0.4) is 0 Å². The summed E-state index contributed by atoms with van der Waals surface area (Å²) in [6.07, 6.45) is 2.63. The van der Waals surface area contributed by atoms with Crippen LogP contribution in [0, 0.1) is 5.92 Å². The zero-order valence-electron chi connectivity index (χ0n) is 17.5. The Morgan fingerprint density at radius 1 is 1.16 bits per heavy atom. The maximum absolute atomic E-state index is 12.9. The highest BCUT2D eigenvalue weighted by atomic mass is 35.5. The van der Waals surface area contributed by atoms with E-state index in [0.29, 0.717) is 21.8 Å². The second-order valence-corrected chi connectivity index (χ2v) is 10.1. The first-order valence-corrected chi connectivity index (χ1v) is 12.5. The Morgan fingerprint density at radius 2 is 2.00 bits per heavy atom. The predicted octanol–water partition coefficient (Wildman–Crippen LogP) is 4.99. The summed E-state index contributed by atoms with van der Waals surface area (Å²) in [5, 5.41) is 7.18. The van der Waals surface area contributed by atoms with E-state index in [1.807, 2.05) is 40.6 Å². The van der Waals surface area contributed by atoms with Crippen LogP contribution in [0.5, 0.6) is 0 Å². The van der Waals surface area contributed by atoms with Gasteiger partial charge in [0.15, 0.2) is 0 Å². The highest BCUT2D eigenvalue weighted by Crippen LogP contribution is 2.49. The molecule has 0 bridgehead atoms. The molecule has 1 saturated heterocycles. The Morgan fingerprint density at radius 3 is 2.75 bits per heavy atom. The lowest BCUT2D eigenvalue weighted by atomic mass is 10.1. The van der Waals surface area contributed by atoms with Gasteiger partial charge >= 0.3 is 0 Å². The van der Waals surface area contributed by atoms with Crippen molar-refractivity contribution in [2.75, 3.05) is 32.7 Å². The van der Waals surface area contributed by atoms with Gasteiger partial charge < -0.3 is 9.42 Å². The topological polar surface area (TPSA) is 62.5 Å². The molecule has 1 aliphatic heterocycles. The van der Waals surface area contributed by atoms with Crippen LogP contribution in [0.2, 0.25) is 10.0 Å². The quantitative estimate of drug-likeness (QED) is 0.466. The molecule has 2 aromatic heterocycles. The number of amides is 1. The summed E-state index contributed by atoms with van der Waals surface area (Å²) >= 11 is 13.8. The molecule has 0 N–H and O–H groups in total. The van der Waals surface area contributed by atoms with Gasteiger partial charge in [-0.15, -0.1) is 11.3 Å². The van der Waals surface area contributed by atoms with Crippen LogP contribution in [0.15, 0.2) is 40.2 Å². The van der Waals surface area contributed by atoms with Crippen LogP contribution in [0.1, 0.15) is 30.2 Å². The van der Waals surface area contributed by atoms with E-state index in [-0.39, 0.29) is 17.7 Å². The summed E-state index contributed by atoms with van der Waals surface area (Å²) in [6, 6.07) is 9.67. The number of nitrogens with zero attached hydrogens (tertiary/aromatic N) is 4. The standard InChI is InChI=1S/C23H24Cl2N4O2S/c24-18-6-5-15(13-19(18)25)16-14-17(16)23(30)29-10-8-28(9-11-29)7-1-4-21-26-22(27-31-21)20-3-2-12-32-20/h2-3,5-6,12-13,16-17H,1,4,7-11,14H2. The molecule has 32 heavy (non-hydrogen) atoms. The Labute approximate surface area is 201 Å². The predicted molar refractivity (Wildman–Crippen MR) is 126 cm³/mol. The van der Waals surface area contributed by atoms with Gasteiger partial charge in [0.25, 0.3) is 0 Å². The molecule has 2 aliphatic rings. The van der Waals surface area contributed by atoms with E-state index in [1.54, 1.807) is 11.3 Å². The van der Waals surface area contributed by atoms with Crippen molar-refractivity contribution in [2.45, 2.75) is 25.2 Å². The molecule has 2 atom stereocenters. The molecule has 1 saturated carbocycles. The Balaban J connectivity index is 1.04. The highest BCUT2D eigenvalue weighted by molar-refractivity contribution is 7.13. The van der Waals surface area contributed by atoms with Gasteiger partial charge in [-0.2, -0.15) is 4.98 Å². The lowest BCUT2D eigenvalue weighted by molar-refractivity contribution is -0.134. The molecule has 3 aromatic rings. The molecule has 6 nitrogen and oxygen atoms in total. The van der Waals surface area contributed by atoms with Crippen LogP contribution in [-0.4, -0.2) is 58.6 Å².